The Labute approximate surface area is 125 Å². The molecule has 0 spiro atoms. The first-order valence-electron chi connectivity index (χ1n) is 7.44. The molecule has 1 N–H and O–H groups in total. The fraction of sp³-hybridized carbons (Fsp3) is 0.412. The summed E-state index contributed by atoms with van der Waals surface area (Å²) in [6.07, 6.45) is 4.23. The third-order valence-corrected chi connectivity index (χ3v) is 4.06. The normalized spacial score (nSPS) is 14.2. The number of nitrogens with one attached hydrogen (secondary N) is 1. The second-order valence-electron chi connectivity index (χ2n) is 5.87. The van der Waals surface area contributed by atoms with Crippen molar-refractivity contribution in [2.45, 2.75) is 46.2 Å². The van der Waals surface area contributed by atoms with Gasteiger partial charge >= 0.3 is 0 Å². The van der Waals surface area contributed by atoms with E-state index < -0.39 is 0 Å². The van der Waals surface area contributed by atoms with Crippen LogP contribution in [0.15, 0.2) is 24.4 Å². The molecule has 3 rings (SSSR count). The van der Waals surface area contributed by atoms with E-state index in [2.05, 4.69) is 21.8 Å². The smallest absolute Gasteiger partial charge is 0.253 e. The Balaban J connectivity index is 1.72. The number of pyridine rings is 1. The Morgan fingerprint density at radius 3 is 2.76 bits per heavy atom. The van der Waals surface area contributed by atoms with E-state index in [4.69, 9.17) is 0 Å². The standard InChI is InChI=1S/C17H21N3O/c1-11-8-14(6-7-18-11)10-19-17(21)16-9-12(2)20(13(16)3)15-4-5-15/h6-9,15H,4-5,10H2,1-3H3,(H,19,21). The average Bonchev–Trinajstić information content (AvgIpc) is 3.22. The molecule has 0 radical (unpaired) electrons. The molecule has 1 amide bonds. The van der Waals surface area contributed by atoms with E-state index >= 15 is 0 Å². The van der Waals surface area contributed by atoms with Gasteiger partial charge in [-0.15, -0.1) is 0 Å². The van der Waals surface area contributed by atoms with Crippen LogP contribution >= 0.6 is 0 Å². The molecule has 1 saturated carbocycles. The van der Waals surface area contributed by atoms with Crippen LogP contribution in [-0.2, 0) is 6.54 Å². The van der Waals surface area contributed by atoms with Crippen LogP contribution in [0, 0.1) is 20.8 Å². The fourth-order valence-electron chi connectivity index (χ4n) is 2.89. The highest BCUT2D eigenvalue weighted by Crippen LogP contribution is 2.38. The van der Waals surface area contributed by atoms with Crippen LogP contribution in [0.5, 0.6) is 0 Å². The molecular formula is C17H21N3O. The SMILES string of the molecule is Cc1cc(CNC(=O)c2cc(C)n(C3CC3)c2C)ccn1. The van der Waals surface area contributed by atoms with Gasteiger partial charge in [0.05, 0.1) is 5.56 Å². The van der Waals surface area contributed by atoms with Gasteiger partial charge in [-0.2, -0.15) is 0 Å². The zero-order valence-electron chi connectivity index (χ0n) is 12.8. The molecule has 2 aromatic heterocycles. The van der Waals surface area contributed by atoms with Crippen molar-refractivity contribution in [1.29, 1.82) is 0 Å². The van der Waals surface area contributed by atoms with Gasteiger partial charge in [0.1, 0.15) is 0 Å². The van der Waals surface area contributed by atoms with Gasteiger partial charge in [-0.3, -0.25) is 9.78 Å². The second-order valence-corrected chi connectivity index (χ2v) is 5.87. The molecule has 0 saturated heterocycles. The zero-order valence-corrected chi connectivity index (χ0v) is 12.8. The zero-order chi connectivity index (χ0) is 15.0. The van der Waals surface area contributed by atoms with E-state index in [0.717, 1.165) is 22.5 Å². The summed E-state index contributed by atoms with van der Waals surface area (Å²) < 4.78 is 2.30. The quantitative estimate of drug-likeness (QED) is 0.937. The maximum absolute atomic E-state index is 12.4. The minimum atomic E-state index is 0.00413. The van der Waals surface area contributed by atoms with Crippen LogP contribution in [0.25, 0.3) is 0 Å². The number of rotatable bonds is 4. The molecule has 2 heterocycles. The molecule has 0 aliphatic heterocycles. The summed E-state index contributed by atoms with van der Waals surface area (Å²) in [5.74, 6) is 0.00413. The Bertz CT molecular complexity index is 683. The van der Waals surface area contributed by atoms with E-state index in [1.54, 1.807) is 6.20 Å². The fourth-order valence-corrected chi connectivity index (χ4v) is 2.89. The summed E-state index contributed by atoms with van der Waals surface area (Å²) in [5, 5.41) is 3.00. The van der Waals surface area contributed by atoms with E-state index in [-0.39, 0.29) is 5.91 Å². The van der Waals surface area contributed by atoms with Crippen molar-refractivity contribution in [1.82, 2.24) is 14.9 Å². The molecule has 1 aliphatic carbocycles. The number of aryl methyl sites for hydroxylation is 2. The molecule has 110 valence electrons. The maximum Gasteiger partial charge on any atom is 0.253 e. The number of amides is 1. The van der Waals surface area contributed by atoms with Gasteiger partial charge in [-0.1, -0.05) is 0 Å². The third-order valence-electron chi connectivity index (χ3n) is 4.06. The molecule has 4 nitrogen and oxygen atoms in total. The van der Waals surface area contributed by atoms with Crippen LogP contribution in [0.2, 0.25) is 0 Å². The Hall–Kier alpha value is -2.10. The van der Waals surface area contributed by atoms with Crippen molar-refractivity contribution in [3.05, 3.63) is 52.6 Å². The largest absolute Gasteiger partial charge is 0.348 e. The molecule has 1 aliphatic rings. The van der Waals surface area contributed by atoms with Crippen LogP contribution in [0.4, 0.5) is 0 Å². The molecule has 21 heavy (non-hydrogen) atoms. The first-order chi connectivity index (χ1) is 10.1. The number of hydrogen-bond acceptors (Lipinski definition) is 2. The minimum absolute atomic E-state index is 0.00413. The number of aromatic nitrogens is 2. The summed E-state index contributed by atoms with van der Waals surface area (Å²) >= 11 is 0. The Kier molecular flexibility index (Phi) is 3.53. The highest BCUT2D eigenvalue weighted by Gasteiger charge is 2.28. The van der Waals surface area contributed by atoms with E-state index in [9.17, 15) is 4.79 Å². The average molecular weight is 283 g/mol. The lowest BCUT2D eigenvalue weighted by molar-refractivity contribution is 0.0950. The second kappa shape index (κ2) is 5.35. The number of nitrogens with zero attached hydrogens (tertiary/aromatic N) is 2. The molecule has 0 aromatic carbocycles. The van der Waals surface area contributed by atoms with Gasteiger partial charge < -0.3 is 9.88 Å². The maximum atomic E-state index is 12.4. The monoisotopic (exact) mass is 283 g/mol. The Morgan fingerprint density at radius 1 is 1.33 bits per heavy atom. The van der Waals surface area contributed by atoms with Crippen molar-refractivity contribution < 1.29 is 4.79 Å². The number of carbonyl (C=O) groups is 1. The Morgan fingerprint density at radius 2 is 2.10 bits per heavy atom. The van der Waals surface area contributed by atoms with Gasteiger partial charge in [-0.25, -0.2) is 0 Å². The minimum Gasteiger partial charge on any atom is -0.348 e. The van der Waals surface area contributed by atoms with Crippen LogP contribution in [-0.4, -0.2) is 15.5 Å². The van der Waals surface area contributed by atoms with Crippen molar-refractivity contribution in [3.63, 3.8) is 0 Å². The van der Waals surface area contributed by atoms with Gasteiger partial charge in [-0.05, 0) is 57.4 Å². The van der Waals surface area contributed by atoms with Crippen molar-refractivity contribution >= 4 is 5.91 Å². The van der Waals surface area contributed by atoms with E-state index in [1.165, 1.54) is 18.5 Å². The summed E-state index contributed by atoms with van der Waals surface area (Å²) in [4.78, 5) is 16.6. The molecule has 2 aromatic rings. The highest BCUT2D eigenvalue weighted by atomic mass is 16.1. The van der Waals surface area contributed by atoms with Gasteiger partial charge in [0, 0.05) is 35.9 Å². The molecule has 0 unspecified atom stereocenters. The van der Waals surface area contributed by atoms with Crippen LogP contribution in [0.1, 0.15) is 51.9 Å². The van der Waals surface area contributed by atoms with Gasteiger partial charge in [0.25, 0.3) is 5.91 Å². The third kappa shape index (κ3) is 2.84. The first kappa shape index (κ1) is 13.9. The number of carbonyl (C=O) groups excluding carboxylic acids is 1. The molecule has 4 heteroatoms. The molecular weight excluding hydrogens is 262 g/mol. The molecule has 1 fully saturated rings. The highest BCUT2D eigenvalue weighted by molar-refractivity contribution is 5.95. The van der Waals surface area contributed by atoms with Crippen molar-refractivity contribution in [3.8, 4) is 0 Å². The van der Waals surface area contributed by atoms with E-state index in [0.29, 0.717) is 12.6 Å². The topological polar surface area (TPSA) is 46.9 Å². The predicted molar refractivity (Wildman–Crippen MR) is 82.3 cm³/mol. The van der Waals surface area contributed by atoms with Crippen LogP contribution < -0.4 is 5.32 Å². The summed E-state index contributed by atoms with van der Waals surface area (Å²) in [6, 6.07) is 6.53. The van der Waals surface area contributed by atoms with E-state index in [1.807, 2.05) is 32.0 Å². The lowest BCUT2D eigenvalue weighted by Crippen LogP contribution is -2.23. The van der Waals surface area contributed by atoms with Gasteiger partial charge in [0.15, 0.2) is 0 Å². The lowest BCUT2D eigenvalue weighted by Gasteiger charge is -2.08. The first-order valence-corrected chi connectivity index (χ1v) is 7.44. The van der Waals surface area contributed by atoms with Crippen molar-refractivity contribution in [2.75, 3.05) is 0 Å². The molecule has 0 atom stereocenters. The summed E-state index contributed by atoms with van der Waals surface area (Å²) in [6.45, 7) is 6.61. The molecule has 0 bridgehead atoms. The van der Waals surface area contributed by atoms with Crippen LogP contribution in [0.3, 0.4) is 0 Å². The predicted octanol–water partition coefficient (Wildman–Crippen LogP) is 3.07. The number of hydrogen-bond donors (Lipinski definition) is 1. The van der Waals surface area contributed by atoms with Crippen molar-refractivity contribution in [2.24, 2.45) is 0 Å². The summed E-state index contributed by atoms with van der Waals surface area (Å²) in [7, 11) is 0. The summed E-state index contributed by atoms with van der Waals surface area (Å²) in [5.41, 5.74) is 5.10. The lowest BCUT2D eigenvalue weighted by atomic mass is 10.2. The van der Waals surface area contributed by atoms with Gasteiger partial charge in [0.2, 0.25) is 0 Å².